The fraction of sp³-hybridized carbons (Fsp3) is 0.750. The van der Waals surface area contributed by atoms with E-state index in [0.717, 1.165) is 19.0 Å². The normalized spacial score (nSPS) is 13.3. The molecule has 92 valence electrons. The second-order valence-corrected chi connectivity index (χ2v) is 5.52. The van der Waals surface area contributed by atoms with Crippen LogP contribution in [0, 0.1) is 5.92 Å². The van der Waals surface area contributed by atoms with Crippen molar-refractivity contribution in [2.75, 3.05) is 18.6 Å². The van der Waals surface area contributed by atoms with Crippen LogP contribution in [0.5, 0.6) is 0 Å². The van der Waals surface area contributed by atoms with Crippen molar-refractivity contribution >= 4 is 11.8 Å². The van der Waals surface area contributed by atoms with Gasteiger partial charge in [0.25, 0.3) is 0 Å². The van der Waals surface area contributed by atoms with Gasteiger partial charge in [0.2, 0.25) is 0 Å². The number of hydrogen-bond donors (Lipinski definition) is 1. The summed E-state index contributed by atoms with van der Waals surface area (Å²) in [5.41, 5.74) is 1.27. The molecule has 0 aliphatic rings. The Hall–Kier alpha value is -0.480. The van der Waals surface area contributed by atoms with Gasteiger partial charge in [0, 0.05) is 24.3 Å². The van der Waals surface area contributed by atoms with Gasteiger partial charge in [-0.2, -0.15) is 16.9 Å². The predicted molar refractivity (Wildman–Crippen MR) is 71.9 cm³/mol. The van der Waals surface area contributed by atoms with Gasteiger partial charge in [0.1, 0.15) is 0 Å². The van der Waals surface area contributed by atoms with Crippen LogP contribution in [0.15, 0.2) is 12.4 Å². The van der Waals surface area contributed by atoms with Crippen LogP contribution in [0.25, 0.3) is 0 Å². The second-order valence-electron chi connectivity index (χ2n) is 4.61. The lowest BCUT2D eigenvalue weighted by atomic mass is 10.2. The summed E-state index contributed by atoms with van der Waals surface area (Å²) < 4.78 is 2.00. The lowest BCUT2D eigenvalue weighted by molar-refractivity contribution is 0.530. The first-order chi connectivity index (χ1) is 7.63. The molecule has 1 heterocycles. The number of hydrogen-bond acceptors (Lipinski definition) is 3. The Kier molecular flexibility index (Phi) is 5.91. The highest BCUT2D eigenvalue weighted by Crippen LogP contribution is 2.06. The molecule has 1 atom stereocenters. The van der Waals surface area contributed by atoms with Gasteiger partial charge >= 0.3 is 0 Å². The summed E-state index contributed by atoms with van der Waals surface area (Å²) >= 11 is 1.91. The van der Waals surface area contributed by atoms with Crippen molar-refractivity contribution in [1.82, 2.24) is 15.1 Å². The van der Waals surface area contributed by atoms with Crippen LogP contribution in [0.3, 0.4) is 0 Å². The second kappa shape index (κ2) is 6.97. The highest BCUT2D eigenvalue weighted by Gasteiger charge is 2.03. The summed E-state index contributed by atoms with van der Waals surface area (Å²) in [6.07, 6.45) is 6.23. The van der Waals surface area contributed by atoms with Crippen molar-refractivity contribution in [1.29, 1.82) is 0 Å². The molecule has 1 N–H and O–H groups in total. The summed E-state index contributed by atoms with van der Waals surface area (Å²) in [6.45, 7) is 8.57. The van der Waals surface area contributed by atoms with Crippen molar-refractivity contribution in [2.45, 2.75) is 33.4 Å². The van der Waals surface area contributed by atoms with Gasteiger partial charge in [-0.25, -0.2) is 0 Å². The number of nitrogens with one attached hydrogen (secondary N) is 1. The standard InChI is InChI=1S/C12H23N3S/c1-10(2)15-8-12(7-14-15)6-13-5-11(3)9-16-4/h7-8,10-11,13H,5-6,9H2,1-4H3. The average molecular weight is 241 g/mol. The largest absolute Gasteiger partial charge is 0.312 e. The molecule has 1 aromatic rings. The quantitative estimate of drug-likeness (QED) is 0.795. The summed E-state index contributed by atoms with van der Waals surface area (Å²) in [7, 11) is 0. The lowest BCUT2D eigenvalue weighted by Gasteiger charge is -2.10. The number of thioether (sulfide) groups is 1. The molecule has 0 aliphatic carbocycles. The van der Waals surface area contributed by atoms with E-state index < -0.39 is 0 Å². The van der Waals surface area contributed by atoms with Crippen LogP contribution in [-0.4, -0.2) is 28.3 Å². The smallest absolute Gasteiger partial charge is 0.0534 e. The van der Waals surface area contributed by atoms with Crippen molar-refractivity contribution < 1.29 is 0 Å². The number of aromatic nitrogens is 2. The van der Waals surface area contributed by atoms with Crippen LogP contribution in [-0.2, 0) is 6.54 Å². The minimum atomic E-state index is 0.448. The molecule has 0 saturated carbocycles. The molecule has 4 heteroatoms. The molecule has 0 aliphatic heterocycles. The maximum absolute atomic E-state index is 4.32. The summed E-state index contributed by atoms with van der Waals surface area (Å²) in [4.78, 5) is 0. The Bertz CT molecular complexity index is 296. The molecule has 0 radical (unpaired) electrons. The average Bonchev–Trinajstić information content (AvgIpc) is 2.67. The van der Waals surface area contributed by atoms with E-state index in [2.05, 4.69) is 43.6 Å². The van der Waals surface area contributed by atoms with Gasteiger partial charge in [-0.05, 0) is 38.3 Å². The Morgan fingerprint density at radius 2 is 2.19 bits per heavy atom. The Labute approximate surface area is 103 Å². The van der Waals surface area contributed by atoms with Crippen LogP contribution in [0.4, 0.5) is 0 Å². The lowest BCUT2D eigenvalue weighted by Crippen LogP contribution is -2.21. The molecular weight excluding hydrogens is 218 g/mol. The minimum Gasteiger partial charge on any atom is -0.312 e. The van der Waals surface area contributed by atoms with Gasteiger partial charge in [0.05, 0.1) is 6.20 Å². The van der Waals surface area contributed by atoms with Crippen LogP contribution >= 0.6 is 11.8 Å². The van der Waals surface area contributed by atoms with E-state index in [4.69, 9.17) is 0 Å². The van der Waals surface area contributed by atoms with Gasteiger partial charge in [0.15, 0.2) is 0 Å². The molecule has 3 nitrogen and oxygen atoms in total. The molecule has 0 amide bonds. The molecule has 0 bridgehead atoms. The zero-order chi connectivity index (χ0) is 12.0. The highest BCUT2D eigenvalue weighted by molar-refractivity contribution is 7.98. The van der Waals surface area contributed by atoms with Gasteiger partial charge in [-0.1, -0.05) is 6.92 Å². The molecule has 0 spiro atoms. The monoisotopic (exact) mass is 241 g/mol. The first-order valence-electron chi connectivity index (χ1n) is 5.86. The third-order valence-corrected chi connectivity index (χ3v) is 3.36. The first kappa shape index (κ1) is 13.6. The predicted octanol–water partition coefficient (Wildman–Crippen LogP) is 2.55. The summed E-state index contributed by atoms with van der Waals surface area (Å²) in [5.74, 6) is 1.95. The topological polar surface area (TPSA) is 29.9 Å². The molecule has 1 rings (SSSR count). The molecule has 0 aromatic carbocycles. The van der Waals surface area contributed by atoms with E-state index in [1.54, 1.807) is 0 Å². The number of rotatable bonds is 7. The number of nitrogens with zero attached hydrogens (tertiary/aromatic N) is 2. The van der Waals surface area contributed by atoms with Crippen LogP contribution < -0.4 is 5.32 Å². The molecular formula is C12H23N3S. The zero-order valence-corrected chi connectivity index (χ0v) is 11.5. The summed E-state index contributed by atoms with van der Waals surface area (Å²) in [6, 6.07) is 0.448. The van der Waals surface area contributed by atoms with E-state index >= 15 is 0 Å². The van der Waals surface area contributed by atoms with Crippen LogP contribution in [0.1, 0.15) is 32.4 Å². The maximum Gasteiger partial charge on any atom is 0.0534 e. The molecule has 1 aromatic heterocycles. The van der Waals surface area contributed by atoms with Gasteiger partial charge < -0.3 is 5.32 Å². The van der Waals surface area contributed by atoms with Crippen molar-refractivity contribution in [2.24, 2.45) is 5.92 Å². The molecule has 1 unspecified atom stereocenters. The van der Waals surface area contributed by atoms with Crippen molar-refractivity contribution in [3.05, 3.63) is 18.0 Å². The van der Waals surface area contributed by atoms with E-state index in [1.165, 1.54) is 11.3 Å². The Morgan fingerprint density at radius 1 is 1.44 bits per heavy atom. The van der Waals surface area contributed by atoms with Crippen molar-refractivity contribution in [3.8, 4) is 0 Å². The SMILES string of the molecule is CSCC(C)CNCc1cnn(C(C)C)c1. The fourth-order valence-electron chi connectivity index (χ4n) is 1.56. The zero-order valence-electron chi connectivity index (χ0n) is 10.7. The molecule has 0 fully saturated rings. The Morgan fingerprint density at radius 3 is 2.75 bits per heavy atom. The third-order valence-electron chi connectivity index (χ3n) is 2.46. The third kappa shape index (κ3) is 4.58. The van der Waals surface area contributed by atoms with Gasteiger partial charge in [-0.3, -0.25) is 4.68 Å². The van der Waals surface area contributed by atoms with Crippen molar-refractivity contribution in [3.63, 3.8) is 0 Å². The molecule has 0 saturated heterocycles. The van der Waals surface area contributed by atoms with Crippen LogP contribution in [0.2, 0.25) is 0 Å². The Balaban J connectivity index is 2.26. The van der Waals surface area contributed by atoms with E-state index in [0.29, 0.717) is 6.04 Å². The van der Waals surface area contributed by atoms with Gasteiger partial charge in [-0.15, -0.1) is 0 Å². The van der Waals surface area contributed by atoms with E-state index in [1.807, 2.05) is 22.6 Å². The first-order valence-corrected chi connectivity index (χ1v) is 7.25. The molecule has 16 heavy (non-hydrogen) atoms. The van der Waals surface area contributed by atoms with E-state index in [-0.39, 0.29) is 0 Å². The fourth-order valence-corrected chi connectivity index (χ4v) is 2.24. The minimum absolute atomic E-state index is 0.448. The van der Waals surface area contributed by atoms with E-state index in [9.17, 15) is 0 Å². The summed E-state index contributed by atoms with van der Waals surface area (Å²) in [5, 5.41) is 7.79. The highest BCUT2D eigenvalue weighted by atomic mass is 32.2. The maximum atomic E-state index is 4.32.